The maximum absolute atomic E-state index is 12.7. The van der Waals surface area contributed by atoms with Crippen molar-refractivity contribution in [3.63, 3.8) is 0 Å². The minimum atomic E-state index is -0.570. The number of unbranched alkanes of at least 4 members (excludes halogenated alkanes) is 1. The number of amides is 5. The molecule has 1 aromatic rings. The van der Waals surface area contributed by atoms with Crippen molar-refractivity contribution >= 4 is 23.9 Å². The Labute approximate surface area is 164 Å². The van der Waals surface area contributed by atoms with Crippen LogP contribution in [0.5, 0.6) is 0 Å². The van der Waals surface area contributed by atoms with Gasteiger partial charge >= 0.3 is 12.1 Å². The Morgan fingerprint density at radius 3 is 2.61 bits per heavy atom. The van der Waals surface area contributed by atoms with Gasteiger partial charge in [-0.3, -0.25) is 19.4 Å². The highest BCUT2D eigenvalue weighted by molar-refractivity contribution is 6.14. The van der Waals surface area contributed by atoms with Gasteiger partial charge in [0.05, 0.1) is 6.04 Å². The molecule has 1 aromatic carbocycles. The molecular weight excluding hydrogens is 362 g/mol. The lowest BCUT2D eigenvalue weighted by Gasteiger charge is -2.36. The molecule has 150 valence electrons. The molecule has 0 spiro atoms. The van der Waals surface area contributed by atoms with Crippen LogP contribution in [0.1, 0.15) is 38.2 Å². The molecule has 0 saturated carbocycles. The lowest BCUT2D eigenvalue weighted by Crippen LogP contribution is -2.59. The molecule has 8 nitrogen and oxygen atoms in total. The van der Waals surface area contributed by atoms with E-state index in [0.717, 1.165) is 21.8 Å². The molecule has 28 heavy (non-hydrogen) atoms. The van der Waals surface area contributed by atoms with Gasteiger partial charge in [-0.1, -0.05) is 43.7 Å². The summed E-state index contributed by atoms with van der Waals surface area (Å²) in [5, 5.41) is 0. The second kappa shape index (κ2) is 8.86. The van der Waals surface area contributed by atoms with Crippen LogP contribution in [0.15, 0.2) is 30.3 Å². The molecule has 2 aliphatic heterocycles. The molecule has 2 saturated heterocycles. The molecule has 2 aliphatic rings. The molecule has 1 atom stereocenters. The molecule has 0 aromatic heterocycles. The van der Waals surface area contributed by atoms with Gasteiger partial charge in [0.2, 0.25) is 11.8 Å². The zero-order valence-corrected chi connectivity index (χ0v) is 16.0. The predicted molar refractivity (Wildman–Crippen MR) is 100 cm³/mol. The molecule has 5 amide bonds. The number of ether oxygens (including phenoxy) is 1. The van der Waals surface area contributed by atoms with Crippen LogP contribution in [0.3, 0.4) is 0 Å². The third-order valence-electron chi connectivity index (χ3n) is 5.04. The second-order valence-corrected chi connectivity index (χ2v) is 7.05. The van der Waals surface area contributed by atoms with E-state index in [4.69, 9.17) is 4.74 Å². The Morgan fingerprint density at radius 1 is 1.14 bits per heavy atom. The number of carbonyl (C=O) groups excluding carboxylic acids is 4. The number of nitrogens with zero attached hydrogens (tertiary/aromatic N) is 3. The van der Waals surface area contributed by atoms with E-state index in [1.807, 2.05) is 37.3 Å². The van der Waals surface area contributed by atoms with E-state index in [2.05, 4.69) is 0 Å². The van der Waals surface area contributed by atoms with Crippen LogP contribution in [0, 0.1) is 0 Å². The number of hydrogen-bond donors (Lipinski definition) is 0. The number of benzene rings is 1. The van der Waals surface area contributed by atoms with E-state index in [0.29, 0.717) is 25.9 Å². The normalized spacial score (nSPS) is 20.1. The largest absolute Gasteiger partial charge is 0.445 e. The number of carbonyl (C=O) groups is 4. The number of barbiturate groups is 1. The molecular formula is C20H25N3O5. The molecule has 2 heterocycles. The van der Waals surface area contributed by atoms with Crippen molar-refractivity contribution in [2.24, 2.45) is 0 Å². The Kier molecular flexibility index (Phi) is 6.28. The van der Waals surface area contributed by atoms with Crippen molar-refractivity contribution in [2.45, 2.75) is 45.3 Å². The van der Waals surface area contributed by atoms with Gasteiger partial charge in [0.1, 0.15) is 13.0 Å². The molecule has 0 radical (unpaired) electrons. The van der Waals surface area contributed by atoms with Crippen molar-refractivity contribution in [2.75, 3.05) is 19.6 Å². The molecule has 0 N–H and O–H groups in total. The number of urea groups is 1. The summed E-state index contributed by atoms with van der Waals surface area (Å²) in [7, 11) is 0. The molecule has 0 bridgehead atoms. The van der Waals surface area contributed by atoms with E-state index in [1.54, 1.807) is 0 Å². The quantitative estimate of drug-likeness (QED) is 0.700. The van der Waals surface area contributed by atoms with E-state index in [1.165, 1.54) is 4.90 Å². The molecule has 2 fully saturated rings. The van der Waals surface area contributed by atoms with Gasteiger partial charge in [-0.25, -0.2) is 9.59 Å². The van der Waals surface area contributed by atoms with Crippen LogP contribution in [-0.4, -0.2) is 64.3 Å². The maximum Gasteiger partial charge on any atom is 0.410 e. The third-order valence-corrected chi connectivity index (χ3v) is 5.04. The van der Waals surface area contributed by atoms with Crippen LogP contribution in [0.2, 0.25) is 0 Å². The Hall–Kier alpha value is -2.90. The van der Waals surface area contributed by atoms with E-state index < -0.39 is 30.0 Å². The van der Waals surface area contributed by atoms with Gasteiger partial charge < -0.3 is 9.64 Å². The summed E-state index contributed by atoms with van der Waals surface area (Å²) in [5.41, 5.74) is 0.887. The van der Waals surface area contributed by atoms with Gasteiger partial charge in [0, 0.05) is 19.6 Å². The zero-order valence-electron chi connectivity index (χ0n) is 16.0. The van der Waals surface area contributed by atoms with Gasteiger partial charge in [-0.2, -0.15) is 0 Å². The average Bonchev–Trinajstić information content (AvgIpc) is 3.16. The Bertz CT molecular complexity index is 751. The lowest BCUT2D eigenvalue weighted by atomic mass is 10.1. The summed E-state index contributed by atoms with van der Waals surface area (Å²) in [4.78, 5) is 53.2. The minimum Gasteiger partial charge on any atom is -0.445 e. The number of likely N-dealkylation sites (tertiary alicyclic amines) is 1. The topological polar surface area (TPSA) is 87.2 Å². The summed E-state index contributed by atoms with van der Waals surface area (Å²) in [5.74, 6) is -0.941. The third kappa shape index (κ3) is 4.32. The van der Waals surface area contributed by atoms with E-state index in [-0.39, 0.29) is 19.6 Å². The lowest BCUT2D eigenvalue weighted by molar-refractivity contribution is -0.143. The summed E-state index contributed by atoms with van der Waals surface area (Å²) in [6.07, 6.45) is 1.25. The number of imide groups is 2. The van der Waals surface area contributed by atoms with Gasteiger partial charge in [-0.05, 0) is 18.4 Å². The summed E-state index contributed by atoms with van der Waals surface area (Å²) in [6.45, 7) is 3.08. The first-order chi connectivity index (χ1) is 13.5. The van der Waals surface area contributed by atoms with Crippen molar-refractivity contribution in [3.8, 4) is 0 Å². The fraction of sp³-hybridized carbons (Fsp3) is 0.500. The van der Waals surface area contributed by atoms with Crippen molar-refractivity contribution in [1.82, 2.24) is 14.7 Å². The number of hydrogen-bond acceptors (Lipinski definition) is 5. The Morgan fingerprint density at radius 2 is 1.89 bits per heavy atom. The SMILES string of the molecule is CCCCN1C(=O)CC(=O)N(C2CCN(C(=O)OCc3ccccc3)C2)C1=O. The van der Waals surface area contributed by atoms with Crippen LogP contribution >= 0.6 is 0 Å². The summed E-state index contributed by atoms with van der Waals surface area (Å²) >= 11 is 0. The fourth-order valence-electron chi connectivity index (χ4n) is 3.48. The first kappa shape index (κ1) is 19.9. The maximum atomic E-state index is 12.7. The monoisotopic (exact) mass is 387 g/mol. The fourth-order valence-corrected chi connectivity index (χ4v) is 3.48. The summed E-state index contributed by atoms with van der Waals surface area (Å²) in [6, 6.07) is 8.36. The smallest absolute Gasteiger partial charge is 0.410 e. The molecule has 3 rings (SSSR count). The van der Waals surface area contributed by atoms with Crippen molar-refractivity contribution in [1.29, 1.82) is 0 Å². The number of rotatable bonds is 6. The highest BCUT2D eigenvalue weighted by atomic mass is 16.6. The minimum absolute atomic E-state index is 0.168. The average molecular weight is 387 g/mol. The van der Waals surface area contributed by atoms with Crippen LogP contribution in [0.25, 0.3) is 0 Å². The zero-order chi connectivity index (χ0) is 20.1. The van der Waals surface area contributed by atoms with E-state index in [9.17, 15) is 19.2 Å². The van der Waals surface area contributed by atoms with Gasteiger partial charge in [0.25, 0.3) is 0 Å². The van der Waals surface area contributed by atoms with E-state index >= 15 is 0 Å². The highest BCUT2D eigenvalue weighted by Crippen LogP contribution is 2.23. The standard InChI is InChI=1S/C20H25N3O5/c1-2-3-10-22-17(24)12-18(25)23(19(22)26)16-9-11-21(13-16)20(27)28-14-15-7-5-4-6-8-15/h4-8,16H,2-3,9-14H2,1H3. The highest BCUT2D eigenvalue weighted by Gasteiger charge is 2.44. The molecule has 0 aliphatic carbocycles. The molecule has 1 unspecified atom stereocenters. The molecule has 8 heteroatoms. The van der Waals surface area contributed by atoms with Crippen molar-refractivity contribution < 1.29 is 23.9 Å². The van der Waals surface area contributed by atoms with Gasteiger partial charge in [0.15, 0.2) is 0 Å². The van der Waals surface area contributed by atoms with Crippen LogP contribution < -0.4 is 0 Å². The van der Waals surface area contributed by atoms with Crippen LogP contribution in [-0.2, 0) is 20.9 Å². The summed E-state index contributed by atoms with van der Waals surface area (Å²) < 4.78 is 5.33. The first-order valence-electron chi connectivity index (χ1n) is 9.63. The predicted octanol–water partition coefficient (Wildman–Crippen LogP) is 2.38. The first-order valence-corrected chi connectivity index (χ1v) is 9.63. The van der Waals surface area contributed by atoms with Gasteiger partial charge in [-0.15, -0.1) is 0 Å². The second-order valence-electron chi connectivity index (χ2n) is 7.05. The van der Waals surface area contributed by atoms with Crippen LogP contribution in [0.4, 0.5) is 9.59 Å². The Balaban J connectivity index is 1.58. The van der Waals surface area contributed by atoms with Crippen molar-refractivity contribution in [3.05, 3.63) is 35.9 Å².